The monoisotopic (exact) mass is 309 g/mol. The molecule has 0 bridgehead atoms. The lowest BCUT2D eigenvalue weighted by Gasteiger charge is -2.31. The van der Waals surface area contributed by atoms with Gasteiger partial charge >= 0.3 is 0 Å². The molecule has 0 radical (unpaired) electrons. The van der Waals surface area contributed by atoms with E-state index in [1.54, 1.807) is 0 Å². The third-order valence-electron chi connectivity index (χ3n) is 3.78. The molecule has 1 saturated heterocycles. The first kappa shape index (κ1) is 15.3. The highest BCUT2D eigenvalue weighted by molar-refractivity contribution is 7.92. The molecule has 0 aromatic carbocycles. The van der Waals surface area contributed by atoms with E-state index in [1.807, 2.05) is 13.8 Å². The van der Waals surface area contributed by atoms with Crippen LogP contribution < -0.4 is 0 Å². The van der Waals surface area contributed by atoms with Crippen molar-refractivity contribution < 1.29 is 16.8 Å². The van der Waals surface area contributed by atoms with E-state index in [-0.39, 0.29) is 22.2 Å². The average molecular weight is 309 g/mol. The van der Waals surface area contributed by atoms with Crippen molar-refractivity contribution >= 4 is 19.9 Å². The first-order valence-electron chi connectivity index (χ1n) is 6.94. The molecule has 1 heterocycles. The van der Waals surface area contributed by atoms with Crippen molar-refractivity contribution in [2.45, 2.75) is 50.0 Å². The summed E-state index contributed by atoms with van der Waals surface area (Å²) in [4.78, 5) is 0. The zero-order valence-corrected chi connectivity index (χ0v) is 13.2. The standard InChI is InChI=1S/C12H23NO4S2/c1-10(2)9-18(14,15)11-5-7-13(8-6-11)19(16,17)12-3-4-12/h10-12H,3-9H2,1-2H3. The van der Waals surface area contributed by atoms with Gasteiger partial charge in [0.2, 0.25) is 10.0 Å². The van der Waals surface area contributed by atoms with Crippen molar-refractivity contribution in [2.75, 3.05) is 18.8 Å². The number of hydrogen-bond acceptors (Lipinski definition) is 4. The average Bonchev–Trinajstić information content (AvgIpc) is 3.11. The Morgan fingerprint density at radius 2 is 1.47 bits per heavy atom. The molecule has 0 atom stereocenters. The van der Waals surface area contributed by atoms with E-state index in [1.165, 1.54) is 4.31 Å². The van der Waals surface area contributed by atoms with Crippen molar-refractivity contribution in [1.29, 1.82) is 0 Å². The minimum atomic E-state index is -3.14. The topological polar surface area (TPSA) is 71.5 Å². The predicted octanol–water partition coefficient (Wildman–Crippen LogP) is 1.01. The number of piperidine rings is 1. The summed E-state index contributed by atoms with van der Waals surface area (Å²) in [6, 6.07) is 0. The molecule has 112 valence electrons. The zero-order chi connectivity index (χ0) is 14.3. The fourth-order valence-electron chi connectivity index (χ4n) is 2.62. The maximum Gasteiger partial charge on any atom is 0.216 e. The van der Waals surface area contributed by atoms with Crippen LogP contribution in [0.3, 0.4) is 0 Å². The number of nitrogens with zero attached hydrogens (tertiary/aromatic N) is 1. The molecule has 0 unspecified atom stereocenters. The van der Waals surface area contributed by atoms with Crippen molar-refractivity contribution in [2.24, 2.45) is 5.92 Å². The Morgan fingerprint density at radius 3 is 1.89 bits per heavy atom. The highest BCUT2D eigenvalue weighted by atomic mass is 32.2. The van der Waals surface area contributed by atoms with Gasteiger partial charge in [0.05, 0.1) is 16.3 Å². The molecule has 0 amide bonds. The van der Waals surface area contributed by atoms with Crippen LogP contribution in [-0.2, 0) is 19.9 Å². The smallest absolute Gasteiger partial charge is 0.216 e. The molecular weight excluding hydrogens is 286 g/mol. The molecule has 0 aromatic heterocycles. The summed E-state index contributed by atoms with van der Waals surface area (Å²) in [5.41, 5.74) is 0. The van der Waals surface area contributed by atoms with Gasteiger partial charge in [0.15, 0.2) is 9.84 Å². The van der Waals surface area contributed by atoms with Crippen molar-refractivity contribution in [1.82, 2.24) is 4.31 Å². The van der Waals surface area contributed by atoms with Crippen LogP contribution in [0.25, 0.3) is 0 Å². The first-order valence-corrected chi connectivity index (χ1v) is 10.2. The minimum absolute atomic E-state index is 0.123. The molecule has 5 nitrogen and oxygen atoms in total. The van der Waals surface area contributed by atoms with Gasteiger partial charge in [-0.25, -0.2) is 21.1 Å². The summed E-state index contributed by atoms with van der Waals surface area (Å²) >= 11 is 0. The molecule has 1 saturated carbocycles. The fraction of sp³-hybridized carbons (Fsp3) is 1.00. The van der Waals surface area contributed by atoms with E-state index in [2.05, 4.69) is 0 Å². The van der Waals surface area contributed by atoms with Gasteiger partial charge in [0.1, 0.15) is 0 Å². The van der Waals surface area contributed by atoms with Gasteiger partial charge in [-0.2, -0.15) is 0 Å². The molecule has 0 N–H and O–H groups in total. The van der Waals surface area contributed by atoms with E-state index in [4.69, 9.17) is 0 Å². The van der Waals surface area contributed by atoms with E-state index in [9.17, 15) is 16.8 Å². The molecule has 2 rings (SSSR count). The number of sulfonamides is 1. The van der Waals surface area contributed by atoms with E-state index in [0.29, 0.717) is 25.9 Å². The van der Waals surface area contributed by atoms with Crippen LogP contribution in [-0.4, -0.2) is 50.5 Å². The summed E-state index contributed by atoms with van der Waals surface area (Å²) in [7, 11) is -6.22. The Balaban J connectivity index is 1.96. The Labute approximate surface area is 116 Å². The van der Waals surface area contributed by atoms with Crippen molar-refractivity contribution in [3.63, 3.8) is 0 Å². The number of hydrogen-bond donors (Lipinski definition) is 0. The van der Waals surface area contributed by atoms with Gasteiger partial charge in [-0.1, -0.05) is 13.8 Å². The molecule has 0 aromatic rings. The first-order chi connectivity index (χ1) is 8.73. The van der Waals surface area contributed by atoms with Gasteiger partial charge in [-0.05, 0) is 31.6 Å². The lowest BCUT2D eigenvalue weighted by Crippen LogP contribution is -2.44. The van der Waals surface area contributed by atoms with Crippen LogP contribution in [0.5, 0.6) is 0 Å². The summed E-state index contributed by atoms with van der Waals surface area (Å²) in [6.07, 6.45) is 2.41. The van der Waals surface area contributed by atoms with E-state index < -0.39 is 19.9 Å². The van der Waals surface area contributed by atoms with Crippen LogP contribution in [0.2, 0.25) is 0 Å². The molecule has 0 spiro atoms. The maximum atomic E-state index is 12.1. The highest BCUT2D eigenvalue weighted by Gasteiger charge is 2.42. The van der Waals surface area contributed by atoms with Gasteiger partial charge in [-0.15, -0.1) is 0 Å². The van der Waals surface area contributed by atoms with Crippen molar-refractivity contribution in [3.8, 4) is 0 Å². The van der Waals surface area contributed by atoms with E-state index in [0.717, 1.165) is 12.8 Å². The lowest BCUT2D eigenvalue weighted by atomic mass is 10.2. The normalized spacial score (nSPS) is 23.9. The number of sulfone groups is 1. The molecule has 7 heteroatoms. The SMILES string of the molecule is CC(C)CS(=O)(=O)C1CCN(S(=O)(=O)C2CC2)CC1. The van der Waals surface area contributed by atoms with Crippen LogP contribution in [0.15, 0.2) is 0 Å². The maximum absolute atomic E-state index is 12.1. The summed E-state index contributed by atoms with van der Waals surface area (Å²) in [5.74, 6) is 0.325. The quantitative estimate of drug-likeness (QED) is 0.760. The Morgan fingerprint density at radius 1 is 0.947 bits per heavy atom. The second-order valence-electron chi connectivity index (χ2n) is 6.07. The van der Waals surface area contributed by atoms with Gasteiger partial charge in [-0.3, -0.25) is 0 Å². The molecule has 1 aliphatic heterocycles. The highest BCUT2D eigenvalue weighted by Crippen LogP contribution is 2.33. The second-order valence-corrected chi connectivity index (χ2v) is 10.6. The molecule has 19 heavy (non-hydrogen) atoms. The summed E-state index contributed by atoms with van der Waals surface area (Å²) < 4.78 is 49.9. The van der Waals surface area contributed by atoms with Crippen LogP contribution in [0.1, 0.15) is 39.5 Å². The van der Waals surface area contributed by atoms with E-state index >= 15 is 0 Å². The van der Waals surface area contributed by atoms with Crippen LogP contribution in [0.4, 0.5) is 0 Å². The Bertz CT molecular complexity index is 512. The summed E-state index contributed by atoms with van der Waals surface area (Å²) in [5, 5.41) is -0.558. The largest absolute Gasteiger partial charge is 0.229 e. The van der Waals surface area contributed by atoms with Gasteiger partial charge in [0, 0.05) is 13.1 Å². The molecule has 2 fully saturated rings. The molecule has 1 aliphatic carbocycles. The minimum Gasteiger partial charge on any atom is -0.229 e. The van der Waals surface area contributed by atoms with Gasteiger partial charge in [0.25, 0.3) is 0 Å². The van der Waals surface area contributed by atoms with Crippen molar-refractivity contribution in [3.05, 3.63) is 0 Å². The summed E-state index contributed by atoms with van der Waals surface area (Å²) in [6.45, 7) is 4.51. The third-order valence-corrected chi connectivity index (χ3v) is 8.80. The van der Waals surface area contributed by atoms with Crippen LogP contribution >= 0.6 is 0 Å². The fourth-order valence-corrected chi connectivity index (χ4v) is 6.63. The molecule has 2 aliphatic rings. The second kappa shape index (κ2) is 5.33. The lowest BCUT2D eigenvalue weighted by molar-refractivity contribution is 0.344. The molecular formula is C12H23NO4S2. The number of rotatable bonds is 5. The Hall–Kier alpha value is -0.140. The zero-order valence-electron chi connectivity index (χ0n) is 11.6. The third kappa shape index (κ3) is 3.49. The van der Waals surface area contributed by atoms with Gasteiger partial charge < -0.3 is 0 Å². The van der Waals surface area contributed by atoms with Crippen LogP contribution in [0, 0.1) is 5.92 Å². The Kier molecular flexibility index (Phi) is 4.28. The predicted molar refractivity (Wildman–Crippen MR) is 75.2 cm³/mol.